The molecule has 3 atom stereocenters. The number of nitrogens with two attached hydrogens (primary N) is 1. The van der Waals surface area contributed by atoms with Crippen LogP contribution < -0.4 is 5.73 Å². The van der Waals surface area contributed by atoms with Gasteiger partial charge >= 0.3 is 5.97 Å². The van der Waals surface area contributed by atoms with Crippen molar-refractivity contribution in [3.63, 3.8) is 0 Å². The van der Waals surface area contributed by atoms with E-state index in [0.717, 1.165) is 51.6 Å². The van der Waals surface area contributed by atoms with Crippen LogP contribution in [0.5, 0.6) is 0 Å². The van der Waals surface area contributed by atoms with E-state index in [1.165, 1.54) is 6.42 Å². The first-order valence-corrected chi connectivity index (χ1v) is 8.34. The molecule has 0 aromatic rings. The molecule has 1 aliphatic heterocycles. The maximum atomic E-state index is 12.7. The van der Waals surface area contributed by atoms with E-state index in [-0.39, 0.29) is 24.3 Å². The lowest BCUT2D eigenvalue weighted by atomic mass is 9.89. The predicted molar refractivity (Wildman–Crippen MR) is 80.7 cm³/mol. The Kier molecular flexibility index (Phi) is 6.03. The molecule has 3 N–H and O–H groups in total. The van der Waals surface area contributed by atoms with E-state index in [0.29, 0.717) is 12.3 Å². The third-order valence-corrected chi connectivity index (χ3v) is 4.98. The van der Waals surface area contributed by atoms with E-state index in [2.05, 4.69) is 0 Å². The topological polar surface area (TPSA) is 83.6 Å². The number of likely N-dealkylation sites (tertiary alicyclic amines) is 1. The Morgan fingerprint density at radius 2 is 1.86 bits per heavy atom. The van der Waals surface area contributed by atoms with Crippen molar-refractivity contribution >= 4 is 11.9 Å². The van der Waals surface area contributed by atoms with E-state index in [4.69, 9.17) is 10.8 Å². The molecule has 21 heavy (non-hydrogen) atoms. The van der Waals surface area contributed by atoms with Crippen LogP contribution in [0.2, 0.25) is 0 Å². The number of carbonyl (C=O) groups excluding carboxylic acids is 1. The van der Waals surface area contributed by atoms with Gasteiger partial charge in [0.1, 0.15) is 0 Å². The number of nitrogens with zero attached hydrogens (tertiary/aromatic N) is 1. The van der Waals surface area contributed by atoms with Crippen molar-refractivity contribution < 1.29 is 14.7 Å². The molecule has 120 valence electrons. The molecule has 1 heterocycles. The summed E-state index contributed by atoms with van der Waals surface area (Å²) in [5.41, 5.74) is 6.19. The summed E-state index contributed by atoms with van der Waals surface area (Å²) in [6, 6.07) is -0.000559. The van der Waals surface area contributed by atoms with Gasteiger partial charge in [0.15, 0.2) is 0 Å². The first kappa shape index (κ1) is 16.3. The summed E-state index contributed by atoms with van der Waals surface area (Å²) in [6.45, 7) is 1.53. The SMILES string of the molecule is NC1CCCCCC1C(=O)N1CCCC(CCC(=O)O)C1. The van der Waals surface area contributed by atoms with Crippen LogP contribution in [0.25, 0.3) is 0 Å². The van der Waals surface area contributed by atoms with Crippen molar-refractivity contribution in [1.29, 1.82) is 0 Å². The lowest BCUT2D eigenvalue weighted by Gasteiger charge is -2.36. The molecule has 5 heteroatoms. The van der Waals surface area contributed by atoms with Crippen molar-refractivity contribution in [2.75, 3.05) is 13.1 Å². The van der Waals surface area contributed by atoms with Gasteiger partial charge in [0.05, 0.1) is 5.92 Å². The minimum Gasteiger partial charge on any atom is -0.481 e. The zero-order valence-electron chi connectivity index (χ0n) is 12.8. The molecule has 1 saturated carbocycles. The summed E-state index contributed by atoms with van der Waals surface area (Å²) in [7, 11) is 0. The smallest absolute Gasteiger partial charge is 0.303 e. The van der Waals surface area contributed by atoms with E-state index < -0.39 is 5.97 Å². The number of carboxylic acids is 1. The van der Waals surface area contributed by atoms with E-state index >= 15 is 0 Å². The average molecular weight is 296 g/mol. The van der Waals surface area contributed by atoms with Gasteiger partial charge in [0.2, 0.25) is 5.91 Å². The first-order valence-electron chi connectivity index (χ1n) is 8.34. The Labute approximate surface area is 126 Å². The lowest BCUT2D eigenvalue weighted by Crippen LogP contribution is -2.47. The van der Waals surface area contributed by atoms with E-state index in [1.54, 1.807) is 0 Å². The fraction of sp³-hybridized carbons (Fsp3) is 0.875. The number of hydrogen-bond donors (Lipinski definition) is 2. The summed E-state index contributed by atoms with van der Waals surface area (Å²) in [5.74, 6) is -0.222. The highest BCUT2D eigenvalue weighted by molar-refractivity contribution is 5.79. The fourth-order valence-corrected chi connectivity index (χ4v) is 3.71. The molecule has 0 bridgehead atoms. The molecule has 0 spiro atoms. The van der Waals surface area contributed by atoms with Gasteiger partial charge in [0, 0.05) is 25.6 Å². The second-order valence-electron chi connectivity index (χ2n) is 6.63. The molecule has 0 radical (unpaired) electrons. The van der Waals surface area contributed by atoms with Crippen molar-refractivity contribution in [3.8, 4) is 0 Å². The zero-order chi connectivity index (χ0) is 15.2. The van der Waals surface area contributed by atoms with Crippen LogP contribution in [0.3, 0.4) is 0 Å². The number of carboxylic acid groups (broad SMARTS) is 1. The van der Waals surface area contributed by atoms with Gasteiger partial charge in [-0.2, -0.15) is 0 Å². The molecule has 5 nitrogen and oxygen atoms in total. The van der Waals surface area contributed by atoms with Crippen LogP contribution in [-0.4, -0.2) is 41.0 Å². The van der Waals surface area contributed by atoms with Gasteiger partial charge < -0.3 is 15.7 Å². The average Bonchev–Trinajstić information content (AvgIpc) is 2.69. The molecule has 2 rings (SSSR count). The first-order chi connectivity index (χ1) is 10.1. The molecular weight excluding hydrogens is 268 g/mol. The Morgan fingerprint density at radius 3 is 2.62 bits per heavy atom. The minimum absolute atomic E-state index is 0.000559. The summed E-state index contributed by atoms with van der Waals surface area (Å²) in [5, 5.41) is 8.79. The van der Waals surface area contributed by atoms with Gasteiger partial charge in [-0.15, -0.1) is 0 Å². The van der Waals surface area contributed by atoms with Gasteiger partial charge in [-0.05, 0) is 38.0 Å². The number of rotatable bonds is 4. The number of aliphatic carboxylic acids is 1. The monoisotopic (exact) mass is 296 g/mol. The maximum Gasteiger partial charge on any atom is 0.303 e. The third-order valence-electron chi connectivity index (χ3n) is 4.98. The highest BCUT2D eigenvalue weighted by Crippen LogP contribution is 2.27. The minimum atomic E-state index is -0.746. The predicted octanol–water partition coefficient (Wildman–Crippen LogP) is 2.00. The Morgan fingerprint density at radius 1 is 1.10 bits per heavy atom. The molecular formula is C16H28N2O3. The summed E-state index contributed by atoms with van der Waals surface area (Å²) >= 11 is 0. The van der Waals surface area contributed by atoms with Crippen molar-refractivity contribution in [3.05, 3.63) is 0 Å². The molecule has 1 saturated heterocycles. The quantitative estimate of drug-likeness (QED) is 0.777. The molecule has 1 aliphatic carbocycles. The summed E-state index contributed by atoms with van der Waals surface area (Å²) < 4.78 is 0. The second-order valence-corrected chi connectivity index (χ2v) is 6.63. The van der Waals surface area contributed by atoms with Crippen LogP contribution in [0.1, 0.15) is 57.8 Å². The zero-order valence-corrected chi connectivity index (χ0v) is 12.8. The highest BCUT2D eigenvalue weighted by atomic mass is 16.4. The third kappa shape index (κ3) is 4.70. The number of carbonyl (C=O) groups is 2. The number of piperidine rings is 1. The van der Waals surface area contributed by atoms with Crippen LogP contribution in [0.4, 0.5) is 0 Å². The standard InChI is InChI=1S/C16H28N2O3/c17-14-7-3-1-2-6-13(14)16(21)18-10-4-5-12(11-18)8-9-15(19)20/h12-14H,1-11,17H2,(H,19,20). The van der Waals surface area contributed by atoms with Crippen molar-refractivity contribution in [2.45, 2.75) is 63.8 Å². The van der Waals surface area contributed by atoms with Crippen LogP contribution in [-0.2, 0) is 9.59 Å². The highest BCUT2D eigenvalue weighted by Gasteiger charge is 2.32. The van der Waals surface area contributed by atoms with Crippen LogP contribution in [0.15, 0.2) is 0 Å². The summed E-state index contributed by atoms with van der Waals surface area (Å²) in [4.78, 5) is 25.4. The van der Waals surface area contributed by atoms with E-state index in [9.17, 15) is 9.59 Å². The number of amides is 1. The Balaban J connectivity index is 1.90. The van der Waals surface area contributed by atoms with Crippen molar-refractivity contribution in [2.24, 2.45) is 17.6 Å². The molecule has 2 fully saturated rings. The Bertz CT molecular complexity index is 373. The molecule has 3 unspecified atom stereocenters. The van der Waals surface area contributed by atoms with Gasteiger partial charge in [-0.25, -0.2) is 0 Å². The van der Waals surface area contributed by atoms with Crippen LogP contribution in [0, 0.1) is 11.8 Å². The second kappa shape index (κ2) is 7.78. The van der Waals surface area contributed by atoms with Crippen molar-refractivity contribution in [1.82, 2.24) is 4.90 Å². The molecule has 0 aromatic heterocycles. The summed E-state index contributed by atoms with van der Waals surface area (Å²) in [6.07, 6.45) is 8.17. The molecule has 2 aliphatic rings. The normalized spacial score (nSPS) is 30.7. The van der Waals surface area contributed by atoms with Gasteiger partial charge in [0.25, 0.3) is 0 Å². The van der Waals surface area contributed by atoms with E-state index in [1.807, 2.05) is 4.90 Å². The molecule has 1 amide bonds. The number of hydrogen-bond acceptors (Lipinski definition) is 3. The van der Waals surface area contributed by atoms with Crippen LogP contribution >= 0.6 is 0 Å². The van der Waals surface area contributed by atoms with Gasteiger partial charge in [-0.1, -0.05) is 19.3 Å². The lowest BCUT2D eigenvalue weighted by molar-refractivity contribution is -0.138. The maximum absolute atomic E-state index is 12.7. The Hall–Kier alpha value is -1.10. The fourth-order valence-electron chi connectivity index (χ4n) is 3.71. The largest absolute Gasteiger partial charge is 0.481 e. The van der Waals surface area contributed by atoms with Gasteiger partial charge in [-0.3, -0.25) is 9.59 Å². The molecule has 0 aromatic carbocycles.